The number of nitrogens with one attached hydrogen (secondary N) is 1. The molecule has 3 atom stereocenters. The Kier molecular flexibility index (Phi) is 4.88. The van der Waals surface area contributed by atoms with Crippen molar-refractivity contribution >= 4 is 11.6 Å². The summed E-state index contributed by atoms with van der Waals surface area (Å²) in [6.45, 7) is 7.43. The minimum Gasteiger partial charge on any atom is -0.375 e. The van der Waals surface area contributed by atoms with E-state index in [2.05, 4.69) is 32.2 Å². The van der Waals surface area contributed by atoms with Crippen LogP contribution in [-0.2, 0) is 4.74 Å². The molecule has 2 nitrogen and oxygen atoms in total. The van der Waals surface area contributed by atoms with Gasteiger partial charge in [0.25, 0.3) is 0 Å². The van der Waals surface area contributed by atoms with E-state index in [9.17, 15) is 0 Å². The van der Waals surface area contributed by atoms with Crippen LogP contribution in [-0.4, -0.2) is 18.2 Å². The summed E-state index contributed by atoms with van der Waals surface area (Å²) in [6, 6.07) is 8.84. The van der Waals surface area contributed by atoms with Crippen LogP contribution in [0.25, 0.3) is 0 Å². The summed E-state index contributed by atoms with van der Waals surface area (Å²) in [6.07, 6.45) is 3.20. The molecule has 1 N–H and O–H groups in total. The van der Waals surface area contributed by atoms with Crippen molar-refractivity contribution in [3.05, 3.63) is 34.9 Å². The first-order valence-corrected chi connectivity index (χ1v) is 7.56. The largest absolute Gasteiger partial charge is 0.375 e. The zero-order valence-electron chi connectivity index (χ0n) is 12.1. The minimum atomic E-state index is 0.0239. The first-order valence-electron chi connectivity index (χ1n) is 7.18. The van der Waals surface area contributed by atoms with Gasteiger partial charge in [0.15, 0.2) is 0 Å². The van der Waals surface area contributed by atoms with Crippen LogP contribution in [0.15, 0.2) is 24.3 Å². The maximum atomic E-state index is 6.26. The molecule has 1 fully saturated rings. The van der Waals surface area contributed by atoms with Gasteiger partial charge in [0.2, 0.25) is 0 Å². The summed E-state index contributed by atoms with van der Waals surface area (Å²) in [5, 5.41) is 4.54. The molecule has 1 aliphatic rings. The van der Waals surface area contributed by atoms with Crippen LogP contribution in [0.1, 0.15) is 51.6 Å². The third-order valence-electron chi connectivity index (χ3n) is 4.20. The van der Waals surface area contributed by atoms with Crippen molar-refractivity contribution in [3.63, 3.8) is 0 Å². The molecule has 0 spiro atoms. The molecule has 0 amide bonds. The van der Waals surface area contributed by atoms with Gasteiger partial charge in [0.1, 0.15) is 0 Å². The van der Waals surface area contributed by atoms with E-state index < -0.39 is 0 Å². The molecule has 1 heterocycles. The maximum absolute atomic E-state index is 6.26. The van der Waals surface area contributed by atoms with Crippen LogP contribution in [0.2, 0.25) is 5.02 Å². The summed E-state index contributed by atoms with van der Waals surface area (Å²) in [4.78, 5) is 0. The van der Waals surface area contributed by atoms with Crippen LogP contribution in [0, 0.1) is 0 Å². The Bertz CT molecular complexity index is 423. The lowest BCUT2D eigenvalue weighted by Gasteiger charge is -2.39. The Morgan fingerprint density at radius 3 is 2.89 bits per heavy atom. The molecule has 2 rings (SSSR count). The Labute approximate surface area is 121 Å². The van der Waals surface area contributed by atoms with Crippen LogP contribution < -0.4 is 5.32 Å². The fourth-order valence-corrected chi connectivity index (χ4v) is 3.09. The quantitative estimate of drug-likeness (QED) is 0.886. The topological polar surface area (TPSA) is 21.3 Å². The van der Waals surface area contributed by atoms with Gasteiger partial charge < -0.3 is 10.1 Å². The second kappa shape index (κ2) is 6.25. The molecule has 1 saturated heterocycles. The van der Waals surface area contributed by atoms with Gasteiger partial charge >= 0.3 is 0 Å². The number of ether oxygens (including phenoxy) is 1. The Balaban J connectivity index is 1.99. The third-order valence-corrected chi connectivity index (χ3v) is 4.54. The lowest BCUT2D eigenvalue weighted by atomic mass is 9.89. The number of hydrogen-bond donors (Lipinski definition) is 1. The first kappa shape index (κ1) is 14.8. The smallest absolute Gasteiger partial charge is 0.0666 e. The van der Waals surface area contributed by atoms with Crippen LogP contribution in [0.3, 0.4) is 0 Å². The van der Waals surface area contributed by atoms with Gasteiger partial charge in [-0.15, -0.1) is 0 Å². The lowest BCUT2D eigenvalue weighted by Crippen LogP contribution is -2.45. The standard InChI is InChI=1S/C16H24ClNO/c1-4-16(3)11-13(9-10-19-16)18-12(2)14-7-5-6-8-15(14)17/h5-8,12-13,18H,4,9-11H2,1-3H3/t12-,13?,16?/m0/s1. The Morgan fingerprint density at radius 1 is 1.47 bits per heavy atom. The Hall–Kier alpha value is -0.570. The Morgan fingerprint density at radius 2 is 2.21 bits per heavy atom. The first-order chi connectivity index (χ1) is 9.04. The van der Waals surface area contributed by atoms with E-state index >= 15 is 0 Å². The summed E-state index contributed by atoms with van der Waals surface area (Å²) in [7, 11) is 0. The molecule has 1 aliphatic heterocycles. The van der Waals surface area contributed by atoms with Crippen molar-refractivity contribution in [1.29, 1.82) is 0 Å². The molecule has 0 radical (unpaired) electrons. The average Bonchev–Trinajstić information content (AvgIpc) is 2.39. The summed E-state index contributed by atoms with van der Waals surface area (Å²) in [5.74, 6) is 0. The molecule has 0 saturated carbocycles. The number of rotatable bonds is 4. The molecule has 0 bridgehead atoms. The monoisotopic (exact) mass is 281 g/mol. The molecular weight excluding hydrogens is 258 g/mol. The van der Waals surface area contributed by atoms with E-state index in [1.54, 1.807) is 0 Å². The van der Waals surface area contributed by atoms with Gasteiger partial charge in [-0.3, -0.25) is 0 Å². The highest BCUT2D eigenvalue weighted by Gasteiger charge is 2.32. The van der Waals surface area contributed by atoms with Gasteiger partial charge in [-0.2, -0.15) is 0 Å². The molecule has 1 aromatic carbocycles. The van der Waals surface area contributed by atoms with E-state index in [0.717, 1.165) is 30.9 Å². The predicted octanol–water partition coefficient (Wildman–Crippen LogP) is 4.34. The summed E-state index contributed by atoms with van der Waals surface area (Å²) >= 11 is 6.26. The van der Waals surface area contributed by atoms with Gasteiger partial charge in [0, 0.05) is 23.7 Å². The molecule has 19 heavy (non-hydrogen) atoms. The number of hydrogen-bond acceptors (Lipinski definition) is 2. The highest BCUT2D eigenvalue weighted by Crippen LogP contribution is 2.30. The molecule has 1 aromatic rings. The highest BCUT2D eigenvalue weighted by atomic mass is 35.5. The molecule has 106 valence electrons. The summed E-state index contributed by atoms with van der Waals surface area (Å²) < 4.78 is 5.89. The second-order valence-electron chi connectivity index (χ2n) is 5.75. The van der Waals surface area contributed by atoms with Gasteiger partial charge in [-0.25, -0.2) is 0 Å². The summed E-state index contributed by atoms with van der Waals surface area (Å²) in [5.41, 5.74) is 1.20. The molecule has 0 aromatic heterocycles. The number of halogens is 1. The predicted molar refractivity (Wildman–Crippen MR) is 80.7 cm³/mol. The maximum Gasteiger partial charge on any atom is 0.0666 e. The van der Waals surface area contributed by atoms with E-state index in [1.807, 2.05) is 18.2 Å². The average molecular weight is 282 g/mol. The minimum absolute atomic E-state index is 0.0239. The molecular formula is C16H24ClNO. The molecule has 0 aliphatic carbocycles. The van der Waals surface area contributed by atoms with Crippen LogP contribution >= 0.6 is 11.6 Å². The van der Waals surface area contributed by atoms with Crippen molar-refractivity contribution in [2.24, 2.45) is 0 Å². The SMILES string of the molecule is CCC1(C)CC(N[C@@H](C)c2ccccc2Cl)CCO1. The van der Waals surface area contributed by atoms with Crippen molar-refractivity contribution in [1.82, 2.24) is 5.32 Å². The van der Waals surface area contributed by atoms with Crippen molar-refractivity contribution in [2.75, 3.05) is 6.61 Å². The zero-order chi connectivity index (χ0) is 13.9. The van der Waals surface area contributed by atoms with Gasteiger partial charge in [0.05, 0.1) is 5.60 Å². The van der Waals surface area contributed by atoms with Crippen molar-refractivity contribution in [3.8, 4) is 0 Å². The normalized spacial score (nSPS) is 29.2. The van der Waals surface area contributed by atoms with Crippen molar-refractivity contribution < 1.29 is 4.74 Å². The highest BCUT2D eigenvalue weighted by molar-refractivity contribution is 6.31. The van der Waals surface area contributed by atoms with E-state index in [0.29, 0.717) is 6.04 Å². The third kappa shape index (κ3) is 3.71. The lowest BCUT2D eigenvalue weighted by molar-refractivity contribution is -0.0789. The molecule has 3 heteroatoms. The second-order valence-corrected chi connectivity index (χ2v) is 6.16. The fourth-order valence-electron chi connectivity index (χ4n) is 2.79. The van der Waals surface area contributed by atoms with Gasteiger partial charge in [-0.1, -0.05) is 36.7 Å². The van der Waals surface area contributed by atoms with E-state index in [-0.39, 0.29) is 11.6 Å². The zero-order valence-corrected chi connectivity index (χ0v) is 12.8. The van der Waals surface area contributed by atoms with E-state index in [4.69, 9.17) is 16.3 Å². The van der Waals surface area contributed by atoms with Crippen LogP contribution in [0.4, 0.5) is 0 Å². The van der Waals surface area contributed by atoms with Crippen molar-refractivity contribution in [2.45, 2.75) is 57.7 Å². The van der Waals surface area contributed by atoms with Crippen LogP contribution in [0.5, 0.6) is 0 Å². The van der Waals surface area contributed by atoms with Gasteiger partial charge in [-0.05, 0) is 44.7 Å². The fraction of sp³-hybridized carbons (Fsp3) is 0.625. The number of benzene rings is 1. The van der Waals surface area contributed by atoms with E-state index in [1.165, 1.54) is 5.56 Å². The molecule has 2 unspecified atom stereocenters.